The van der Waals surface area contributed by atoms with Crippen LogP contribution in [0.4, 0.5) is 0 Å². The summed E-state index contributed by atoms with van der Waals surface area (Å²) in [5, 5.41) is 0. The number of hydrogen-bond donors (Lipinski definition) is 0. The molecular formula is C10H17P. The highest BCUT2D eigenvalue weighted by atomic mass is 31.0. The van der Waals surface area contributed by atoms with E-state index in [4.69, 9.17) is 0 Å². The van der Waals surface area contributed by atoms with Gasteiger partial charge in [-0.1, -0.05) is 32.3 Å². The molecule has 0 aliphatic heterocycles. The fraction of sp³-hybridized carbons (Fsp3) is 0.600. The molecule has 0 N–H and O–H groups in total. The second kappa shape index (κ2) is 5.43. The number of rotatable bonds is 5. The lowest BCUT2D eigenvalue weighted by atomic mass is 10.1. The number of unbranched alkanes of at least 4 members (excludes halogenated alkanes) is 3. The van der Waals surface area contributed by atoms with Gasteiger partial charge in [-0.3, -0.25) is 0 Å². The highest BCUT2D eigenvalue weighted by molar-refractivity contribution is 7.28. The van der Waals surface area contributed by atoms with Crippen LogP contribution >= 0.6 is 8.19 Å². The minimum Gasteiger partial charge on any atom is -0.140 e. The van der Waals surface area contributed by atoms with Crippen molar-refractivity contribution in [3.8, 4) is 0 Å². The molecule has 0 spiro atoms. The van der Waals surface area contributed by atoms with E-state index in [1.807, 2.05) is 0 Å². The van der Waals surface area contributed by atoms with Gasteiger partial charge in [-0.05, 0) is 30.0 Å². The molecule has 0 radical (unpaired) electrons. The summed E-state index contributed by atoms with van der Waals surface area (Å²) in [6.07, 6.45) is 6.85. The van der Waals surface area contributed by atoms with Gasteiger partial charge in [0.1, 0.15) is 0 Å². The highest BCUT2D eigenvalue weighted by Gasteiger charge is 1.91. The Kier molecular flexibility index (Phi) is 4.38. The van der Waals surface area contributed by atoms with Crippen LogP contribution in [0.15, 0.2) is 17.7 Å². The van der Waals surface area contributed by atoms with Crippen LogP contribution in [0, 0.1) is 0 Å². The van der Waals surface area contributed by atoms with E-state index in [-0.39, 0.29) is 0 Å². The average Bonchev–Trinajstić information content (AvgIpc) is 2.50. The fourth-order valence-electron chi connectivity index (χ4n) is 1.27. The van der Waals surface area contributed by atoms with E-state index in [1.165, 1.54) is 32.1 Å². The van der Waals surface area contributed by atoms with Gasteiger partial charge >= 0.3 is 0 Å². The molecule has 1 aromatic heterocycles. The van der Waals surface area contributed by atoms with Gasteiger partial charge in [0.25, 0.3) is 0 Å². The fourth-order valence-corrected chi connectivity index (χ4v) is 2.13. The predicted molar refractivity (Wildman–Crippen MR) is 53.8 cm³/mol. The largest absolute Gasteiger partial charge is 0.140 e. The molecule has 1 heterocycles. The van der Waals surface area contributed by atoms with E-state index in [0.717, 1.165) is 8.19 Å². The molecule has 0 amide bonds. The zero-order valence-electron chi connectivity index (χ0n) is 7.27. The summed E-state index contributed by atoms with van der Waals surface area (Å²) in [7, 11) is 0.959. The summed E-state index contributed by atoms with van der Waals surface area (Å²) in [6, 6.07) is 2.28. The molecule has 0 aliphatic carbocycles. The van der Waals surface area contributed by atoms with E-state index in [0.29, 0.717) is 0 Å². The Balaban J connectivity index is 2.04. The zero-order valence-corrected chi connectivity index (χ0v) is 8.27. The summed E-state index contributed by atoms with van der Waals surface area (Å²) in [5.74, 6) is 4.64. The minimum atomic E-state index is 0.959. The second-order valence-corrected chi connectivity index (χ2v) is 3.99. The maximum atomic E-state index is 2.37. The van der Waals surface area contributed by atoms with Crippen molar-refractivity contribution < 1.29 is 0 Å². The van der Waals surface area contributed by atoms with Crippen LogP contribution in [0.25, 0.3) is 0 Å². The first kappa shape index (κ1) is 8.87. The van der Waals surface area contributed by atoms with Gasteiger partial charge in [0.2, 0.25) is 0 Å². The third-order valence-corrected chi connectivity index (χ3v) is 2.88. The van der Waals surface area contributed by atoms with E-state index in [9.17, 15) is 0 Å². The molecule has 1 atom stereocenters. The Morgan fingerprint density at radius 1 is 1.27 bits per heavy atom. The van der Waals surface area contributed by atoms with Crippen LogP contribution in [-0.4, -0.2) is 0 Å². The maximum absolute atomic E-state index is 2.37. The molecule has 0 aliphatic rings. The molecule has 0 bridgehead atoms. The molecule has 62 valence electrons. The molecule has 0 fully saturated rings. The van der Waals surface area contributed by atoms with Crippen LogP contribution in [0.1, 0.15) is 38.2 Å². The van der Waals surface area contributed by atoms with Gasteiger partial charge in [-0.2, -0.15) is 0 Å². The van der Waals surface area contributed by atoms with Gasteiger partial charge in [0, 0.05) is 0 Å². The Bertz CT molecular complexity index is 165. The van der Waals surface area contributed by atoms with Gasteiger partial charge in [-0.15, -0.1) is 8.19 Å². The van der Waals surface area contributed by atoms with Gasteiger partial charge in [0.15, 0.2) is 0 Å². The lowest BCUT2D eigenvalue weighted by Crippen LogP contribution is -1.81. The Hall–Kier alpha value is -0.220. The lowest BCUT2D eigenvalue weighted by molar-refractivity contribution is 0.667. The predicted octanol–water partition coefficient (Wildman–Crippen LogP) is 3.84. The summed E-state index contributed by atoms with van der Waals surface area (Å²) in [5.41, 5.74) is 1.57. The standard InChI is InChI=1S/C10H17P/c1-2-3-4-5-6-10-7-8-11-9-10/h7-9,11H,2-6H2,1H3. The van der Waals surface area contributed by atoms with E-state index in [2.05, 4.69) is 24.6 Å². The molecule has 0 saturated carbocycles. The van der Waals surface area contributed by atoms with Gasteiger partial charge in [0.05, 0.1) is 0 Å². The van der Waals surface area contributed by atoms with Crippen molar-refractivity contribution in [2.45, 2.75) is 39.0 Å². The number of aryl methyl sites for hydroxylation is 1. The summed E-state index contributed by atoms with van der Waals surface area (Å²) in [6.45, 7) is 2.26. The Labute approximate surface area is 71.1 Å². The third-order valence-electron chi connectivity index (χ3n) is 1.98. The smallest absolute Gasteiger partial charge is 0.0276 e. The molecule has 0 nitrogen and oxygen atoms in total. The first-order valence-corrected chi connectivity index (χ1v) is 5.70. The van der Waals surface area contributed by atoms with Crippen LogP contribution in [-0.2, 0) is 6.42 Å². The highest BCUT2D eigenvalue weighted by Crippen LogP contribution is 2.14. The van der Waals surface area contributed by atoms with E-state index < -0.39 is 0 Å². The van der Waals surface area contributed by atoms with Crippen molar-refractivity contribution in [1.29, 1.82) is 0 Å². The van der Waals surface area contributed by atoms with Crippen LogP contribution in [0.2, 0.25) is 0 Å². The first-order chi connectivity index (χ1) is 5.43. The molecule has 11 heavy (non-hydrogen) atoms. The Morgan fingerprint density at radius 3 is 2.82 bits per heavy atom. The van der Waals surface area contributed by atoms with Crippen LogP contribution < -0.4 is 0 Å². The average molecular weight is 168 g/mol. The second-order valence-electron chi connectivity index (χ2n) is 3.03. The van der Waals surface area contributed by atoms with Crippen LogP contribution in [0.5, 0.6) is 0 Å². The first-order valence-electron chi connectivity index (χ1n) is 4.55. The van der Waals surface area contributed by atoms with Crippen molar-refractivity contribution in [3.05, 3.63) is 23.2 Å². The van der Waals surface area contributed by atoms with Crippen molar-refractivity contribution in [2.24, 2.45) is 0 Å². The zero-order chi connectivity index (χ0) is 7.94. The van der Waals surface area contributed by atoms with Gasteiger partial charge in [-0.25, -0.2) is 0 Å². The Morgan fingerprint density at radius 2 is 2.18 bits per heavy atom. The lowest BCUT2D eigenvalue weighted by Gasteiger charge is -1.96. The minimum absolute atomic E-state index is 0.959. The SMILES string of the molecule is CCCCCCc1cc[pH]c1. The van der Waals surface area contributed by atoms with Crippen molar-refractivity contribution >= 4 is 8.19 Å². The normalized spacial score (nSPS) is 11.0. The van der Waals surface area contributed by atoms with Crippen molar-refractivity contribution in [2.75, 3.05) is 0 Å². The third kappa shape index (κ3) is 3.62. The molecule has 1 heteroatoms. The summed E-state index contributed by atoms with van der Waals surface area (Å²) in [4.78, 5) is 0. The van der Waals surface area contributed by atoms with E-state index in [1.54, 1.807) is 5.56 Å². The maximum Gasteiger partial charge on any atom is -0.0276 e. The van der Waals surface area contributed by atoms with Crippen molar-refractivity contribution in [1.82, 2.24) is 0 Å². The molecule has 0 aromatic carbocycles. The molecule has 1 unspecified atom stereocenters. The molecule has 1 aromatic rings. The molecule has 0 saturated heterocycles. The topological polar surface area (TPSA) is 0 Å². The summed E-state index contributed by atoms with van der Waals surface area (Å²) < 4.78 is 0. The molecular weight excluding hydrogens is 151 g/mol. The number of hydrogen-bond acceptors (Lipinski definition) is 0. The summed E-state index contributed by atoms with van der Waals surface area (Å²) >= 11 is 0. The quantitative estimate of drug-likeness (QED) is 0.586. The van der Waals surface area contributed by atoms with Crippen molar-refractivity contribution in [3.63, 3.8) is 0 Å². The monoisotopic (exact) mass is 168 g/mol. The van der Waals surface area contributed by atoms with Gasteiger partial charge < -0.3 is 0 Å². The van der Waals surface area contributed by atoms with Crippen LogP contribution in [0.3, 0.4) is 0 Å². The van der Waals surface area contributed by atoms with E-state index >= 15 is 0 Å². The molecule has 1 rings (SSSR count).